The van der Waals surface area contributed by atoms with Crippen molar-refractivity contribution in [1.82, 2.24) is 4.90 Å². The summed E-state index contributed by atoms with van der Waals surface area (Å²) >= 11 is 0. The van der Waals surface area contributed by atoms with Crippen LogP contribution in [0.5, 0.6) is 0 Å². The van der Waals surface area contributed by atoms with Gasteiger partial charge in [-0.15, -0.1) is 0 Å². The molecule has 0 amide bonds. The van der Waals surface area contributed by atoms with Crippen LogP contribution in [0.15, 0.2) is 0 Å². The van der Waals surface area contributed by atoms with Crippen LogP contribution < -0.4 is 0 Å². The van der Waals surface area contributed by atoms with Crippen LogP contribution in [-0.2, 0) is 19.1 Å². The molecule has 0 spiro atoms. The van der Waals surface area contributed by atoms with Crippen molar-refractivity contribution in [2.75, 3.05) is 26.2 Å². The summed E-state index contributed by atoms with van der Waals surface area (Å²) in [4.78, 5) is 27.4. The van der Waals surface area contributed by atoms with Crippen LogP contribution in [0.25, 0.3) is 0 Å². The van der Waals surface area contributed by atoms with Gasteiger partial charge in [-0.1, -0.05) is 162 Å². The third-order valence-electron chi connectivity index (χ3n) is 10.7. The highest BCUT2D eigenvalue weighted by molar-refractivity contribution is 5.69. The summed E-state index contributed by atoms with van der Waals surface area (Å²) in [5, 5.41) is 9.56. The summed E-state index contributed by atoms with van der Waals surface area (Å²) in [6.07, 6.45) is 39.8. The van der Waals surface area contributed by atoms with Crippen LogP contribution in [0.2, 0.25) is 0 Å². The number of ether oxygens (including phenoxy) is 2. The molecule has 0 aromatic rings. The van der Waals surface area contributed by atoms with Gasteiger partial charge in [0.2, 0.25) is 0 Å². The highest BCUT2D eigenvalue weighted by Crippen LogP contribution is 2.19. The van der Waals surface area contributed by atoms with Crippen molar-refractivity contribution < 1.29 is 24.2 Å². The molecule has 0 fully saturated rings. The van der Waals surface area contributed by atoms with Gasteiger partial charge in [0.1, 0.15) is 6.10 Å². The van der Waals surface area contributed by atoms with Crippen molar-refractivity contribution >= 4 is 11.9 Å². The smallest absolute Gasteiger partial charge is 0.306 e. The maximum Gasteiger partial charge on any atom is 0.306 e. The Labute approximate surface area is 324 Å². The standard InChI is InChI=1S/C46H91NO5/c1-5-8-11-14-17-18-19-23-29-36-44(35-28-22-16-13-10-7-3)52-46(50)38-30-24-20-25-32-39-47(41-42-48)40-33-26-31-37-45(49)51-43(4)34-27-21-15-12-9-6-2/h43-44,48H,5-42H2,1-4H3. The van der Waals surface area contributed by atoms with E-state index in [0.29, 0.717) is 19.4 Å². The second kappa shape index (κ2) is 41.0. The maximum absolute atomic E-state index is 12.8. The molecule has 0 saturated carbocycles. The van der Waals surface area contributed by atoms with E-state index in [2.05, 4.69) is 25.7 Å². The third-order valence-corrected chi connectivity index (χ3v) is 10.7. The number of carbonyl (C=O) groups is 2. The van der Waals surface area contributed by atoms with Crippen molar-refractivity contribution in [2.45, 2.75) is 258 Å². The Morgan fingerprint density at radius 2 is 0.788 bits per heavy atom. The Hall–Kier alpha value is -1.14. The first-order valence-corrected chi connectivity index (χ1v) is 23.2. The Morgan fingerprint density at radius 1 is 0.442 bits per heavy atom. The van der Waals surface area contributed by atoms with Gasteiger partial charge in [-0.3, -0.25) is 9.59 Å². The second-order valence-corrected chi connectivity index (χ2v) is 16.0. The summed E-state index contributed by atoms with van der Waals surface area (Å²) < 4.78 is 11.7. The minimum Gasteiger partial charge on any atom is -0.463 e. The first kappa shape index (κ1) is 50.9. The van der Waals surface area contributed by atoms with E-state index in [1.54, 1.807) is 0 Å². The van der Waals surface area contributed by atoms with Gasteiger partial charge < -0.3 is 19.5 Å². The molecule has 0 aliphatic carbocycles. The molecule has 2 unspecified atom stereocenters. The van der Waals surface area contributed by atoms with E-state index >= 15 is 0 Å². The van der Waals surface area contributed by atoms with Gasteiger partial charge in [-0.05, 0) is 84.2 Å². The number of hydrogen-bond acceptors (Lipinski definition) is 6. The molecule has 6 heteroatoms. The summed E-state index contributed by atoms with van der Waals surface area (Å²) in [7, 11) is 0. The van der Waals surface area contributed by atoms with Crippen molar-refractivity contribution in [3.05, 3.63) is 0 Å². The monoisotopic (exact) mass is 738 g/mol. The van der Waals surface area contributed by atoms with E-state index in [1.807, 2.05) is 6.92 Å². The van der Waals surface area contributed by atoms with Crippen molar-refractivity contribution in [1.29, 1.82) is 0 Å². The molecule has 6 nitrogen and oxygen atoms in total. The molecule has 2 atom stereocenters. The topological polar surface area (TPSA) is 76.1 Å². The number of rotatable bonds is 42. The predicted molar refractivity (Wildman–Crippen MR) is 223 cm³/mol. The summed E-state index contributed by atoms with van der Waals surface area (Å²) in [6.45, 7) is 11.7. The Balaban J connectivity index is 4.10. The first-order chi connectivity index (χ1) is 25.5. The zero-order chi connectivity index (χ0) is 38.2. The maximum atomic E-state index is 12.8. The first-order valence-electron chi connectivity index (χ1n) is 23.2. The molecule has 0 saturated heterocycles. The summed E-state index contributed by atoms with van der Waals surface area (Å²) in [5.74, 6) is -0.0435. The lowest BCUT2D eigenvalue weighted by Gasteiger charge is -2.21. The summed E-state index contributed by atoms with van der Waals surface area (Å²) in [5.41, 5.74) is 0. The Bertz CT molecular complexity index is 746. The molecule has 0 heterocycles. The lowest BCUT2D eigenvalue weighted by Crippen LogP contribution is -2.29. The van der Waals surface area contributed by atoms with Crippen LogP contribution in [0.3, 0.4) is 0 Å². The number of hydrogen-bond donors (Lipinski definition) is 1. The van der Waals surface area contributed by atoms with Gasteiger partial charge >= 0.3 is 11.9 Å². The van der Waals surface area contributed by atoms with Crippen LogP contribution in [0.1, 0.15) is 246 Å². The minimum atomic E-state index is -0.0546. The molecule has 52 heavy (non-hydrogen) atoms. The molecule has 0 aromatic heterocycles. The molecule has 0 bridgehead atoms. The molecule has 0 aliphatic heterocycles. The number of carbonyl (C=O) groups excluding carboxylic acids is 2. The average Bonchev–Trinajstić information content (AvgIpc) is 3.12. The molecule has 0 rings (SSSR count). The normalized spacial score (nSPS) is 12.7. The summed E-state index contributed by atoms with van der Waals surface area (Å²) in [6, 6.07) is 0. The Morgan fingerprint density at radius 3 is 1.23 bits per heavy atom. The van der Waals surface area contributed by atoms with Crippen LogP contribution in [0, 0.1) is 0 Å². The van der Waals surface area contributed by atoms with E-state index in [1.165, 1.54) is 128 Å². The van der Waals surface area contributed by atoms with E-state index in [4.69, 9.17) is 9.47 Å². The largest absolute Gasteiger partial charge is 0.463 e. The highest BCUT2D eigenvalue weighted by atomic mass is 16.5. The average molecular weight is 738 g/mol. The van der Waals surface area contributed by atoms with E-state index < -0.39 is 0 Å². The van der Waals surface area contributed by atoms with E-state index in [-0.39, 0.29) is 30.8 Å². The molecule has 1 N–H and O–H groups in total. The van der Waals surface area contributed by atoms with Crippen molar-refractivity contribution in [2.24, 2.45) is 0 Å². The van der Waals surface area contributed by atoms with Crippen LogP contribution in [0.4, 0.5) is 0 Å². The minimum absolute atomic E-state index is 0.0111. The SMILES string of the molecule is CCCCCCCCCCCC(CCCCCCCC)OC(=O)CCCCCCCN(CCO)CCCCCC(=O)OC(C)CCCCCCCC. The third kappa shape index (κ3) is 37.2. The van der Waals surface area contributed by atoms with E-state index in [9.17, 15) is 14.7 Å². The fourth-order valence-corrected chi connectivity index (χ4v) is 7.29. The van der Waals surface area contributed by atoms with Gasteiger partial charge in [0, 0.05) is 19.4 Å². The predicted octanol–water partition coefficient (Wildman–Crippen LogP) is 13.4. The second-order valence-electron chi connectivity index (χ2n) is 16.0. The molecule has 0 radical (unpaired) electrons. The fraction of sp³-hybridized carbons (Fsp3) is 0.957. The zero-order valence-electron chi connectivity index (χ0n) is 35.6. The zero-order valence-corrected chi connectivity index (χ0v) is 35.6. The van der Waals surface area contributed by atoms with Gasteiger partial charge in [0.05, 0.1) is 12.7 Å². The quantitative estimate of drug-likeness (QED) is 0.0496. The van der Waals surface area contributed by atoms with Crippen molar-refractivity contribution in [3.63, 3.8) is 0 Å². The lowest BCUT2D eigenvalue weighted by molar-refractivity contribution is -0.150. The number of esters is 2. The molecular weight excluding hydrogens is 647 g/mol. The molecular formula is C46H91NO5. The van der Waals surface area contributed by atoms with Crippen LogP contribution >= 0.6 is 0 Å². The van der Waals surface area contributed by atoms with Gasteiger partial charge in [0.25, 0.3) is 0 Å². The van der Waals surface area contributed by atoms with Gasteiger partial charge in [0.15, 0.2) is 0 Å². The van der Waals surface area contributed by atoms with E-state index in [0.717, 1.165) is 90.1 Å². The Kier molecular flexibility index (Phi) is 40.1. The molecule has 0 aromatic carbocycles. The molecule has 310 valence electrons. The molecule has 0 aliphatic rings. The number of aliphatic hydroxyl groups excluding tert-OH is 1. The number of unbranched alkanes of at least 4 members (excludes halogenated alkanes) is 24. The fourth-order valence-electron chi connectivity index (χ4n) is 7.29. The number of nitrogens with zero attached hydrogens (tertiary/aromatic N) is 1. The van der Waals surface area contributed by atoms with Crippen molar-refractivity contribution in [3.8, 4) is 0 Å². The van der Waals surface area contributed by atoms with Gasteiger partial charge in [-0.2, -0.15) is 0 Å². The van der Waals surface area contributed by atoms with Gasteiger partial charge in [-0.25, -0.2) is 0 Å². The highest BCUT2D eigenvalue weighted by Gasteiger charge is 2.15. The lowest BCUT2D eigenvalue weighted by atomic mass is 10.0. The number of aliphatic hydroxyl groups is 1. The van der Waals surface area contributed by atoms with Crippen LogP contribution in [-0.4, -0.2) is 60.4 Å².